The zero-order valence-corrected chi connectivity index (χ0v) is 34.5. The van der Waals surface area contributed by atoms with Crippen molar-refractivity contribution in [3.8, 4) is 0 Å². The molecule has 63 heavy (non-hydrogen) atoms. The van der Waals surface area contributed by atoms with Gasteiger partial charge in [-0.1, -0.05) is 199 Å². The fraction of sp³-hybridized carbons (Fsp3) is 0.0172. The van der Waals surface area contributed by atoms with E-state index in [9.17, 15) is 0 Å². The highest BCUT2D eigenvalue weighted by atomic mass is 15.2. The van der Waals surface area contributed by atoms with Crippen LogP contribution in [0.4, 0.5) is 34.1 Å². The lowest BCUT2D eigenvalue weighted by molar-refractivity contribution is 0.751. The Labute approximate surface area is 368 Å². The number of fused-ring (bicyclic) bond motifs is 8. The van der Waals surface area contributed by atoms with Crippen LogP contribution in [0.2, 0.25) is 0 Å². The van der Waals surface area contributed by atoms with Crippen LogP contribution in [-0.4, -0.2) is 18.4 Å². The normalized spacial score (nSPS) is 14.0. The minimum Gasteiger partial charge on any atom is -0.312 e. The molecule has 9 aromatic carbocycles. The van der Waals surface area contributed by atoms with Crippen molar-refractivity contribution in [3.05, 3.63) is 259 Å². The summed E-state index contributed by atoms with van der Waals surface area (Å²) in [6.07, 6.45) is 1.93. The molecule has 3 nitrogen and oxygen atoms in total. The van der Waals surface area contributed by atoms with E-state index in [1.54, 1.807) is 0 Å². The zero-order chi connectivity index (χ0) is 41.5. The van der Waals surface area contributed by atoms with Crippen LogP contribution < -0.4 is 42.6 Å². The summed E-state index contributed by atoms with van der Waals surface area (Å²) in [5, 5.41) is 1.11. The van der Waals surface area contributed by atoms with Gasteiger partial charge in [-0.25, -0.2) is 0 Å². The SMILES string of the molecule is c1ccc(B2c3ccccc3N(c3cccc4cccnc34)c3cc4c5c(c32)N(c2ccccc2)c2ccccc2B5c2ccccc2C4(c2ccccc2)c2ccccc2)cc1. The monoisotopic (exact) mass is 799 g/mol. The molecule has 0 fully saturated rings. The summed E-state index contributed by atoms with van der Waals surface area (Å²) in [5.41, 5.74) is 20.1. The zero-order valence-electron chi connectivity index (χ0n) is 34.5. The Kier molecular flexibility index (Phi) is 8.01. The van der Waals surface area contributed by atoms with Crippen molar-refractivity contribution < 1.29 is 0 Å². The average molecular weight is 800 g/mol. The maximum Gasteiger partial charge on any atom is 0.249 e. The van der Waals surface area contributed by atoms with Crippen molar-refractivity contribution in [2.24, 2.45) is 0 Å². The molecule has 0 bridgehead atoms. The maximum atomic E-state index is 5.13. The van der Waals surface area contributed by atoms with Gasteiger partial charge in [-0.05, 0) is 86.6 Å². The minimum atomic E-state index is -0.675. The smallest absolute Gasteiger partial charge is 0.249 e. The highest BCUT2D eigenvalue weighted by Gasteiger charge is 2.54. The predicted molar refractivity (Wildman–Crippen MR) is 265 cm³/mol. The van der Waals surface area contributed by atoms with E-state index < -0.39 is 5.41 Å². The summed E-state index contributed by atoms with van der Waals surface area (Å²) in [6.45, 7) is -0.122. The standard InChI is InChI=1S/C58H39B2N3/c1-5-23-41(24-6-1)58(42-25-7-2-8-26-42)45-31-13-14-32-47(45)60-49-34-16-17-35-50(49)62(44-29-11-4-12-30-44)57-54(60)46(58)39-53-55(57)59(43-27-9-3-10-28-43)48-33-15-18-36-51(48)63(53)52-37-19-21-40-22-20-38-61-56(40)52/h1-39H. The molecule has 0 N–H and O–H groups in total. The predicted octanol–water partition coefficient (Wildman–Crippen LogP) is 9.53. The van der Waals surface area contributed by atoms with E-state index in [4.69, 9.17) is 4.98 Å². The Morgan fingerprint density at radius 2 is 0.921 bits per heavy atom. The first kappa shape index (κ1) is 35.8. The van der Waals surface area contributed by atoms with Crippen molar-refractivity contribution in [1.29, 1.82) is 0 Å². The fourth-order valence-corrected chi connectivity index (χ4v) is 11.5. The third kappa shape index (κ3) is 5.08. The van der Waals surface area contributed by atoms with Crippen LogP contribution in [0.3, 0.4) is 0 Å². The van der Waals surface area contributed by atoms with Crippen LogP contribution in [-0.2, 0) is 5.41 Å². The first-order valence-electron chi connectivity index (χ1n) is 22.0. The number of rotatable bonds is 5. The topological polar surface area (TPSA) is 19.4 Å². The highest BCUT2D eigenvalue weighted by Crippen LogP contribution is 2.52. The summed E-state index contributed by atoms with van der Waals surface area (Å²) < 4.78 is 0. The van der Waals surface area contributed by atoms with Crippen molar-refractivity contribution in [2.45, 2.75) is 5.41 Å². The van der Waals surface area contributed by atoms with Gasteiger partial charge in [0.15, 0.2) is 0 Å². The summed E-state index contributed by atoms with van der Waals surface area (Å²) in [7, 11) is 0. The van der Waals surface area contributed by atoms with E-state index in [0.29, 0.717) is 0 Å². The van der Waals surface area contributed by atoms with Gasteiger partial charge in [0.1, 0.15) is 0 Å². The molecule has 0 saturated heterocycles. The first-order chi connectivity index (χ1) is 31.3. The van der Waals surface area contributed by atoms with E-state index in [-0.39, 0.29) is 13.4 Å². The number of pyridine rings is 1. The Balaban J connectivity index is 1.30. The van der Waals surface area contributed by atoms with E-state index in [1.807, 2.05) is 12.3 Å². The fourth-order valence-electron chi connectivity index (χ4n) is 11.5. The number of para-hydroxylation sites is 4. The molecule has 0 unspecified atom stereocenters. The molecule has 0 radical (unpaired) electrons. The molecule has 0 spiro atoms. The van der Waals surface area contributed by atoms with Crippen LogP contribution in [0.1, 0.15) is 22.3 Å². The van der Waals surface area contributed by atoms with Crippen molar-refractivity contribution in [1.82, 2.24) is 4.98 Å². The molecule has 0 amide bonds. The van der Waals surface area contributed by atoms with Gasteiger partial charge in [0.2, 0.25) is 13.4 Å². The van der Waals surface area contributed by atoms with E-state index in [0.717, 1.165) is 33.7 Å². The van der Waals surface area contributed by atoms with Gasteiger partial charge in [0.05, 0.1) is 16.6 Å². The van der Waals surface area contributed by atoms with Crippen LogP contribution in [0.5, 0.6) is 0 Å². The van der Waals surface area contributed by atoms with Gasteiger partial charge in [-0.2, -0.15) is 0 Å². The Morgan fingerprint density at radius 1 is 0.381 bits per heavy atom. The number of aromatic nitrogens is 1. The molecule has 3 aliphatic rings. The number of hydrogen-bond donors (Lipinski definition) is 0. The molecule has 292 valence electrons. The van der Waals surface area contributed by atoms with Gasteiger partial charge in [-0.15, -0.1) is 0 Å². The van der Waals surface area contributed by atoms with E-state index >= 15 is 0 Å². The average Bonchev–Trinajstić information content (AvgIpc) is 3.36. The number of anilines is 6. The lowest BCUT2D eigenvalue weighted by atomic mass is 9.27. The first-order valence-corrected chi connectivity index (χ1v) is 22.0. The quantitative estimate of drug-likeness (QED) is 0.162. The third-order valence-electron chi connectivity index (χ3n) is 13.9. The molecule has 3 aliphatic heterocycles. The van der Waals surface area contributed by atoms with Gasteiger partial charge in [0.25, 0.3) is 0 Å². The van der Waals surface area contributed by atoms with E-state index in [2.05, 4.69) is 234 Å². The second kappa shape index (κ2) is 14.1. The second-order valence-electron chi connectivity index (χ2n) is 16.9. The largest absolute Gasteiger partial charge is 0.312 e. The molecular formula is C58H39B2N3. The highest BCUT2D eigenvalue weighted by molar-refractivity contribution is 7.02. The Morgan fingerprint density at radius 3 is 1.62 bits per heavy atom. The molecule has 1 aromatic heterocycles. The van der Waals surface area contributed by atoms with Gasteiger partial charge < -0.3 is 9.80 Å². The summed E-state index contributed by atoms with van der Waals surface area (Å²) >= 11 is 0. The Bertz CT molecular complexity index is 3330. The van der Waals surface area contributed by atoms with Gasteiger partial charge in [-0.3, -0.25) is 4.98 Å². The third-order valence-corrected chi connectivity index (χ3v) is 13.9. The van der Waals surface area contributed by atoms with Gasteiger partial charge >= 0.3 is 0 Å². The lowest BCUT2D eigenvalue weighted by Gasteiger charge is -2.51. The number of hydrogen-bond acceptors (Lipinski definition) is 3. The van der Waals surface area contributed by atoms with Gasteiger partial charge in [0, 0.05) is 40.0 Å². The maximum absolute atomic E-state index is 5.13. The molecule has 10 aromatic rings. The number of nitrogens with zero attached hydrogens (tertiary/aromatic N) is 3. The molecule has 5 heteroatoms. The molecule has 0 atom stereocenters. The molecule has 0 aliphatic carbocycles. The van der Waals surface area contributed by atoms with Crippen LogP contribution in [0.25, 0.3) is 10.9 Å². The molecule has 0 saturated carbocycles. The minimum absolute atomic E-state index is 0.0329. The second-order valence-corrected chi connectivity index (χ2v) is 16.9. The van der Waals surface area contributed by atoms with Crippen LogP contribution in [0.15, 0.2) is 237 Å². The Hall–Kier alpha value is -7.88. The summed E-state index contributed by atoms with van der Waals surface area (Å²) in [4.78, 5) is 10.3. The molecular weight excluding hydrogens is 760 g/mol. The number of benzene rings is 9. The lowest BCUT2D eigenvalue weighted by Crippen LogP contribution is -2.68. The molecule has 4 heterocycles. The van der Waals surface area contributed by atoms with Crippen molar-refractivity contribution in [2.75, 3.05) is 9.80 Å². The summed E-state index contributed by atoms with van der Waals surface area (Å²) in [6, 6.07) is 85.6. The summed E-state index contributed by atoms with van der Waals surface area (Å²) in [5.74, 6) is 0. The molecule has 13 rings (SSSR count). The van der Waals surface area contributed by atoms with Crippen LogP contribution in [0, 0.1) is 0 Å². The van der Waals surface area contributed by atoms with Crippen molar-refractivity contribution in [3.63, 3.8) is 0 Å². The van der Waals surface area contributed by atoms with Crippen LogP contribution >= 0.6 is 0 Å². The van der Waals surface area contributed by atoms with Crippen molar-refractivity contribution >= 4 is 91.2 Å². The van der Waals surface area contributed by atoms with E-state index in [1.165, 1.54) is 66.4 Å².